The van der Waals surface area contributed by atoms with Crippen molar-refractivity contribution in [1.82, 2.24) is 21.0 Å². The first-order chi connectivity index (χ1) is 20.4. The summed E-state index contributed by atoms with van der Waals surface area (Å²) < 4.78 is 0. The van der Waals surface area contributed by atoms with Crippen LogP contribution in [0.3, 0.4) is 0 Å². The molecule has 1 aliphatic rings. The van der Waals surface area contributed by atoms with E-state index in [2.05, 4.69) is 21.3 Å². The number of carbonyl (C=O) groups excluding carboxylic acids is 7. The molecular formula is C28H40N6O9. The summed E-state index contributed by atoms with van der Waals surface area (Å²) >= 11 is 0. The number of hydroxylamine groups is 2. The van der Waals surface area contributed by atoms with Crippen LogP contribution in [0.15, 0.2) is 24.3 Å². The Kier molecular flexibility index (Phi) is 14.1. The van der Waals surface area contributed by atoms with Crippen LogP contribution in [-0.2, 0) is 40.2 Å². The van der Waals surface area contributed by atoms with E-state index in [1.165, 1.54) is 0 Å². The van der Waals surface area contributed by atoms with E-state index in [-0.39, 0.29) is 64.0 Å². The number of nitrogens with zero attached hydrogens (tertiary/aromatic N) is 1. The number of nitrogens with one attached hydrogen (secondary N) is 4. The number of rotatable bonds is 17. The monoisotopic (exact) mass is 604 g/mol. The Morgan fingerprint density at radius 1 is 0.930 bits per heavy atom. The number of carbonyl (C=O) groups is 7. The molecule has 1 aliphatic heterocycles. The van der Waals surface area contributed by atoms with E-state index in [9.17, 15) is 38.7 Å². The molecule has 0 saturated carbocycles. The second kappa shape index (κ2) is 17.4. The number of amides is 7. The van der Waals surface area contributed by atoms with E-state index in [0.717, 1.165) is 0 Å². The van der Waals surface area contributed by atoms with Gasteiger partial charge in [0.05, 0.1) is 6.61 Å². The molecule has 236 valence electrons. The van der Waals surface area contributed by atoms with Gasteiger partial charge in [0.25, 0.3) is 11.8 Å². The Morgan fingerprint density at radius 3 is 2.14 bits per heavy atom. The lowest BCUT2D eigenvalue weighted by Crippen LogP contribution is -2.54. The van der Waals surface area contributed by atoms with Crippen LogP contribution in [0.4, 0.5) is 10.5 Å². The number of aliphatic hydroxyl groups excluding tert-OH is 1. The zero-order valence-corrected chi connectivity index (χ0v) is 24.4. The van der Waals surface area contributed by atoms with Crippen LogP contribution >= 0.6 is 0 Å². The molecule has 1 fully saturated rings. The van der Waals surface area contributed by atoms with Crippen LogP contribution in [-0.4, -0.2) is 70.3 Å². The van der Waals surface area contributed by atoms with Crippen molar-refractivity contribution in [3.63, 3.8) is 0 Å². The van der Waals surface area contributed by atoms with Crippen molar-refractivity contribution in [3.8, 4) is 0 Å². The van der Waals surface area contributed by atoms with Crippen LogP contribution in [0.25, 0.3) is 0 Å². The molecule has 7 amide bonds. The number of aliphatic hydroxyl groups is 1. The third-order valence-electron chi connectivity index (χ3n) is 6.51. The maximum absolute atomic E-state index is 13.2. The lowest BCUT2D eigenvalue weighted by Gasteiger charge is -2.25. The minimum atomic E-state index is -1.00. The van der Waals surface area contributed by atoms with Crippen molar-refractivity contribution in [3.05, 3.63) is 29.8 Å². The van der Waals surface area contributed by atoms with Gasteiger partial charge in [-0.2, -0.15) is 0 Å². The molecule has 15 nitrogen and oxygen atoms in total. The van der Waals surface area contributed by atoms with Crippen LogP contribution < -0.4 is 27.0 Å². The van der Waals surface area contributed by atoms with E-state index in [1.807, 2.05) is 0 Å². The van der Waals surface area contributed by atoms with Crippen molar-refractivity contribution in [2.45, 2.75) is 83.9 Å². The fraction of sp³-hybridized carbons (Fsp3) is 0.536. The molecule has 0 bridgehead atoms. The van der Waals surface area contributed by atoms with Crippen molar-refractivity contribution in [1.29, 1.82) is 0 Å². The zero-order valence-electron chi connectivity index (χ0n) is 24.4. The summed E-state index contributed by atoms with van der Waals surface area (Å²) in [4.78, 5) is 89.7. The fourth-order valence-electron chi connectivity index (χ4n) is 4.11. The van der Waals surface area contributed by atoms with Crippen molar-refractivity contribution in [2.75, 3.05) is 11.9 Å². The van der Waals surface area contributed by atoms with Gasteiger partial charge in [-0.1, -0.05) is 26.0 Å². The summed E-state index contributed by atoms with van der Waals surface area (Å²) in [7, 11) is 0. The topological polar surface area (TPSA) is 226 Å². The van der Waals surface area contributed by atoms with Gasteiger partial charge in [-0.3, -0.25) is 24.0 Å². The van der Waals surface area contributed by atoms with Crippen LogP contribution in [0, 0.1) is 5.92 Å². The molecule has 0 unspecified atom stereocenters. The van der Waals surface area contributed by atoms with Gasteiger partial charge in [0.15, 0.2) is 0 Å². The summed E-state index contributed by atoms with van der Waals surface area (Å²) in [6, 6.07) is 3.82. The molecule has 2 rings (SSSR count). The Bertz CT molecular complexity index is 1160. The summed E-state index contributed by atoms with van der Waals surface area (Å²) in [5, 5.41) is 20.2. The lowest BCUT2D eigenvalue weighted by atomic mass is 10.0. The summed E-state index contributed by atoms with van der Waals surface area (Å²) in [6.45, 7) is 3.49. The van der Waals surface area contributed by atoms with Gasteiger partial charge in [-0.15, -0.1) is 5.06 Å². The molecule has 43 heavy (non-hydrogen) atoms. The fourth-order valence-corrected chi connectivity index (χ4v) is 4.11. The molecular weight excluding hydrogens is 564 g/mol. The Balaban J connectivity index is 1.91. The van der Waals surface area contributed by atoms with Crippen molar-refractivity contribution < 1.29 is 43.5 Å². The maximum Gasteiger partial charge on any atom is 0.333 e. The molecule has 1 aromatic rings. The number of hydrogen-bond acceptors (Lipinski definition) is 9. The summed E-state index contributed by atoms with van der Waals surface area (Å²) in [5.74, 6) is -3.77. The van der Waals surface area contributed by atoms with E-state index < -0.39 is 53.6 Å². The van der Waals surface area contributed by atoms with Crippen LogP contribution in [0.1, 0.15) is 70.8 Å². The highest BCUT2D eigenvalue weighted by Gasteiger charge is 2.33. The number of primary amides is 1. The van der Waals surface area contributed by atoms with Crippen molar-refractivity contribution >= 4 is 47.2 Å². The lowest BCUT2D eigenvalue weighted by molar-refractivity contribution is -0.197. The smallest absolute Gasteiger partial charge is 0.333 e. The predicted octanol–water partition coefficient (Wildman–Crippen LogP) is 0.359. The first-order valence-corrected chi connectivity index (χ1v) is 14.1. The number of urea groups is 1. The third-order valence-corrected chi connectivity index (χ3v) is 6.51. The van der Waals surface area contributed by atoms with Crippen LogP contribution in [0.2, 0.25) is 0 Å². The number of nitrogens with two attached hydrogens (primary N) is 1. The molecule has 1 heterocycles. The van der Waals surface area contributed by atoms with Gasteiger partial charge in [0.2, 0.25) is 17.7 Å². The number of hydrogen-bond donors (Lipinski definition) is 6. The number of unbranched alkanes of at least 4 members (excludes halogenated alkanes) is 1. The number of anilines is 1. The Labute approximate surface area is 249 Å². The molecule has 0 aromatic heterocycles. The van der Waals surface area contributed by atoms with Gasteiger partial charge in [-0.25, -0.2) is 9.59 Å². The van der Waals surface area contributed by atoms with Gasteiger partial charge in [0.1, 0.15) is 12.1 Å². The normalized spacial score (nSPS) is 14.2. The molecule has 1 saturated heterocycles. The number of imide groups is 1. The zero-order chi connectivity index (χ0) is 31.9. The third kappa shape index (κ3) is 12.1. The Hall–Kier alpha value is -4.53. The van der Waals surface area contributed by atoms with E-state index in [1.54, 1.807) is 38.1 Å². The largest absolute Gasteiger partial charge is 0.392 e. The van der Waals surface area contributed by atoms with Crippen molar-refractivity contribution in [2.24, 2.45) is 11.7 Å². The highest BCUT2D eigenvalue weighted by atomic mass is 16.7. The highest BCUT2D eigenvalue weighted by molar-refractivity contribution is 6.01. The summed E-state index contributed by atoms with van der Waals surface area (Å²) in [6.07, 6.45) is 0.897. The molecule has 15 heteroatoms. The first kappa shape index (κ1) is 34.7. The van der Waals surface area contributed by atoms with Gasteiger partial charge < -0.3 is 36.9 Å². The molecule has 0 spiro atoms. The van der Waals surface area contributed by atoms with E-state index >= 15 is 0 Å². The Morgan fingerprint density at radius 2 is 1.56 bits per heavy atom. The second-order valence-corrected chi connectivity index (χ2v) is 10.4. The molecule has 0 radical (unpaired) electrons. The quantitative estimate of drug-likeness (QED) is 0.106. The standard InChI is InChI=1S/C28H40N6O9/c1-17(2)25(33-21(36)7-3-4-8-24(39)43-34-22(37)13-14-23(34)38)27(41)32-20(6-5-15-30-28(29)42)26(40)31-19-11-9-18(16-35)10-12-19/h9-12,17,20,25,35H,3-8,13-16H2,1-2H3,(H,31,40)(H,32,41)(H,33,36)(H3,29,30,42)/t20-,25-/m0/s1. The average Bonchev–Trinajstić information content (AvgIpc) is 3.27. The maximum atomic E-state index is 13.2. The van der Waals surface area contributed by atoms with Gasteiger partial charge in [0, 0.05) is 37.9 Å². The molecule has 1 aromatic carbocycles. The summed E-state index contributed by atoms with van der Waals surface area (Å²) in [5.41, 5.74) is 6.20. The molecule has 2 atom stereocenters. The van der Waals surface area contributed by atoms with Gasteiger partial charge >= 0.3 is 12.0 Å². The number of benzene rings is 1. The van der Waals surface area contributed by atoms with E-state index in [0.29, 0.717) is 22.7 Å². The predicted molar refractivity (Wildman–Crippen MR) is 152 cm³/mol. The second-order valence-electron chi connectivity index (χ2n) is 10.4. The SMILES string of the molecule is CC(C)[C@H](NC(=O)CCCCC(=O)ON1C(=O)CCC1=O)C(=O)N[C@@H](CCCNC(N)=O)C(=O)Nc1ccc(CO)cc1. The average molecular weight is 605 g/mol. The first-order valence-electron chi connectivity index (χ1n) is 14.1. The minimum absolute atomic E-state index is 0.00209. The van der Waals surface area contributed by atoms with Crippen LogP contribution in [0.5, 0.6) is 0 Å². The van der Waals surface area contributed by atoms with E-state index in [4.69, 9.17) is 10.6 Å². The molecule has 7 N–H and O–H groups in total. The van der Waals surface area contributed by atoms with Gasteiger partial charge in [-0.05, 0) is 49.3 Å². The molecule has 0 aliphatic carbocycles. The highest BCUT2D eigenvalue weighted by Crippen LogP contribution is 2.14. The minimum Gasteiger partial charge on any atom is -0.392 e.